The number of hydrogen-bond acceptors (Lipinski definition) is 5. The van der Waals surface area contributed by atoms with Gasteiger partial charge in [0.15, 0.2) is 0 Å². The van der Waals surface area contributed by atoms with E-state index in [4.69, 9.17) is 10.5 Å². The van der Waals surface area contributed by atoms with Crippen molar-refractivity contribution in [2.45, 2.75) is 37.8 Å². The van der Waals surface area contributed by atoms with Crippen LogP contribution in [-0.2, 0) is 6.42 Å². The highest BCUT2D eigenvalue weighted by Crippen LogP contribution is 2.21. The molecule has 0 saturated heterocycles. The average molecular weight is 341 g/mol. The normalized spacial score (nSPS) is 19.7. The summed E-state index contributed by atoms with van der Waals surface area (Å²) >= 11 is 0. The number of carbonyl (C=O) groups excluding carboxylic acids is 1. The standard InChI is InChI=1S/C19H23N3O3/c20-19(24)14-6-9-18(22-12-14)25-15-7-4-13(5-8-15)10-11-21-16-2-1-3-17(16)23/h4-9,12,16-17,21,23H,1-3,10-11H2,(H2,20,24)/t16-,17-/m1/s1. The Morgan fingerprint density at radius 2 is 2.04 bits per heavy atom. The highest BCUT2D eigenvalue weighted by molar-refractivity contribution is 5.92. The number of amides is 1. The van der Waals surface area contributed by atoms with Crippen LogP contribution in [0.15, 0.2) is 42.6 Å². The molecule has 2 atom stereocenters. The lowest BCUT2D eigenvalue weighted by molar-refractivity contribution is 0.1000. The number of ether oxygens (including phenoxy) is 1. The Labute approximate surface area is 147 Å². The van der Waals surface area contributed by atoms with Crippen LogP contribution in [0.2, 0.25) is 0 Å². The van der Waals surface area contributed by atoms with E-state index in [1.165, 1.54) is 11.8 Å². The Hall–Kier alpha value is -2.44. The van der Waals surface area contributed by atoms with Crippen LogP contribution >= 0.6 is 0 Å². The lowest BCUT2D eigenvalue weighted by atomic mass is 10.1. The maximum atomic E-state index is 11.0. The van der Waals surface area contributed by atoms with Gasteiger partial charge in [0.1, 0.15) is 5.75 Å². The van der Waals surface area contributed by atoms with Crippen molar-refractivity contribution in [2.24, 2.45) is 5.73 Å². The first kappa shape index (κ1) is 17.4. The molecule has 0 aliphatic heterocycles. The topological polar surface area (TPSA) is 97.5 Å². The number of hydrogen-bond donors (Lipinski definition) is 3. The van der Waals surface area contributed by atoms with Crippen LogP contribution in [0.25, 0.3) is 0 Å². The molecule has 1 aromatic heterocycles. The number of nitrogens with zero attached hydrogens (tertiary/aromatic N) is 1. The quantitative estimate of drug-likeness (QED) is 0.716. The lowest BCUT2D eigenvalue weighted by Crippen LogP contribution is -2.36. The smallest absolute Gasteiger partial charge is 0.250 e. The molecule has 0 bridgehead atoms. The zero-order valence-electron chi connectivity index (χ0n) is 14.0. The molecule has 6 nitrogen and oxygen atoms in total. The van der Waals surface area contributed by atoms with Crippen molar-refractivity contribution in [3.05, 3.63) is 53.7 Å². The van der Waals surface area contributed by atoms with Crippen LogP contribution in [0.1, 0.15) is 35.2 Å². The van der Waals surface area contributed by atoms with E-state index in [1.54, 1.807) is 12.1 Å². The second kappa shape index (κ2) is 8.09. The van der Waals surface area contributed by atoms with Crippen LogP contribution in [0.5, 0.6) is 11.6 Å². The van der Waals surface area contributed by atoms with Gasteiger partial charge in [-0.3, -0.25) is 4.79 Å². The first-order valence-electron chi connectivity index (χ1n) is 8.56. The van der Waals surface area contributed by atoms with Crippen molar-refractivity contribution >= 4 is 5.91 Å². The predicted octanol–water partition coefficient (Wildman–Crippen LogP) is 2.02. The molecule has 1 aliphatic rings. The number of rotatable bonds is 7. The number of aromatic nitrogens is 1. The molecule has 2 aromatic rings. The molecule has 1 heterocycles. The molecular formula is C19H23N3O3. The fraction of sp³-hybridized carbons (Fsp3) is 0.368. The number of nitrogens with two attached hydrogens (primary N) is 1. The highest BCUT2D eigenvalue weighted by Gasteiger charge is 2.23. The first-order valence-corrected chi connectivity index (χ1v) is 8.56. The number of aliphatic hydroxyl groups excluding tert-OH is 1. The minimum atomic E-state index is -0.512. The van der Waals surface area contributed by atoms with E-state index < -0.39 is 5.91 Å². The zero-order chi connectivity index (χ0) is 17.6. The molecule has 25 heavy (non-hydrogen) atoms. The summed E-state index contributed by atoms with van der Waals surface area (Å²) in [5, 5.41) is 13.2. The minimum Gasteiger partial charge on any atom is -0.439 e. The van der Waals surface area contributed by atoms with Gasteiger partial charge in [0, 0.05) is 18.3 Å². The van der Waals surface area contributed by atoms with E-state index >= 15 is 0 Å². The third-order valence-corrected chi connectivity index (χ3v) is 4.47. The fourth-order valence-electron chi connectivity index (χ4n) is 3.01. The summed E-state index contributed by atoms with van der Waals surface area (Å²) < 4.78 is 5.66. The molecular weight excluding hydrogens is 318 g/mol. The Morgan fingerprint density at radius 3 is 2.64 bits per heavy atom. The van der Waals surface area contributed by atoms with Crippen molar-refractivity contribution in [2.75, 3.05) is 6.54 Å². The Morgan fingerprint density at radius 1 is 1.24 bits per heavy atom. The number of aliphatic hydroxyl groups is 1. The van der Waals surface area contributed by atoms with Crippen LogP contribution in [0, 0.1) is 0 Å². The summed E-state index contributed by atoms with van der Waals surface area (Å²) in [7, 11) is 0. The monoisotopic (exact) mass is 341 g/mol. The fourth-order valence-corrected chi connectivity index (χ4v) is 3.01. The molecule has 0 spiro atoms. The van der Waals surface area contributed by atoms with Crippen molar-refractivity contribution in [3.63, 3.8) is 0 Å². The second-order valence-corrected chi connectivity index (χ2v) is 6.30. The molecule has 1 saturated carbocycles. The molecule has 132 valence electrons. The summed E-state index contributed by atoms with van der Waals surface area (Å²) in [6.07, 6.45) is 5.14. The van der Waals surface area contributed by atoms with Gasteiger partial charge in [0.25, 0.3) is 0 Å². The van der Waals surface area contributed by atoms with E-state index in [1.807, 2.05) is 24.3 Å². The van der Waals surface area contributed by atoms with Gasteiger partial charge in [-0.15, -0.1) is 0 Å². The third kappa shape index (κ3) is 4.78. The van der Waals surface area contributed by atoms with Crippen molar-refractivity contribution in [3.8, 4) is 11.6 Å². The molecule has 3 rings (SSSR count). The Kier molecular flexibility index (Phi) is 5.63. The third-order valence-electron chi connectivity index (χ3n) is 4.47. The molecule has 1 fully saturated rings. The van der Waals surface area contributed by atoms with Crippen molar-refractivity contribution < 1.29 is 14.6 Å². The first-order chi connectivity index (χ1) is 12.1. The van der Waals surface area contributed by atoms with Crippen LogP contribution in [-0.4, -0.2) is 34.7 Å². The summed E-state index contributed by atoms with van der Waals surface area (Å²) in [4.78, 5) is 15.1. The Balaban J connectivity index is 1.49. The van der Waals surface area contributed by atoms with Gasteiger partial charge in [0.2, 0.25) is 11.8 Å². The molecule has 1 aromatic carbocycles. The van der Waals surface area contributed by atoms with Gasteiger partial charge in [-0.05, 0) is 56.0 Å². The summed E-state index contributed by atoms with van der Waals surface area (Å²) in [6.45, 7) is 0.845. The van der Waals surface area contributed by atoms with Gasteiger partial charge < -0.3 is 20.9 Å². The van der Waals surface area contributed by atoms with Crippen molar-refractivity contribution in [1.82, 2.24) is 10.3 Å². The van der Waals surface area contributed by atoms with Gasteiger partial charge in [0.05, 0.1) is 11.7 Å². The van der Waals surface area contributed by atoms with Gasteiger partial charge in [-0.2, -0.15) is 0 Å². The number of pyridine rings is 1. The molecule has 4 N–H and O–H groups in total. The maximum Gasteiger partial charge on any atom is 0.250 e. The van der Waals surface area contributed by atoms with Crippen molar-refractivity contribution in [1.29, 1.82) is 0 Å². The van der Waals surface area contributed by atoms with Gasteiger partial charge in [-0.25, -0.2) is 4.98 Å². The van der Waals surface area contributed by atoms with Gasteiger partial charge >= 0.3 is 0 Å². The van der Waals surface area contributed by atoms with Crippen LogP contribution < -0.4 is 15.8 Å². The molecule has 0 unspecified atom stereocenters. The van der Waals surface area contributed by atoms with Gasteiger partial charge in [-0.1, -0.05) is 12.1 Å². The van der Waals surface area contributed by atoms with E-state index in [9.17, 15) is 9.90 Å². The molecule has 6 heteroatoms. The van der Waals surface area contributed by atoms with E-state index in [0.717, 1.165) is 32.2 Å². The molecule has 0 radical (unpaired) electrons. The minimum absolute atomic E-state index is 0.204. The number of primary amides is 1. The highest BCUT2D eigenvalue weighted by atomic mass is 16.5. The lowest BCUT2D eigenvalue weighted by Gasteiger charge is -2.16. The van der Waals surface area contributed by atoms with Crippen LogP contribution in [0.4, 0.5) is 0 Å². The number of benzene rings is 1. The second-order valence-electron chi connectivity index (χ2n) is 6.30. The summed E-state index contributed by atoms with van der Waals surface area (Å²) in [6, 6.07) is 11.2. The van der Waals surface area contributed by atoms with Crippen LogP contribution in [0.3, 0.4) is 0 Å². The van der Waals surface area contributed by atoms with E-state index in [2.05, 4.69) is 10.3 Å². The number of carbonyl (C=O) groups is 1. The predicted molar refractivity (Wildman–Crippen MR) is 94.6 cm³/mol. The Bertz CT molecular complexity index is 701. The largest absolute Gasteiger partial charge is 0.439 e. The summed E-state index contributed by atoms with van der Waals surface area (Å²) in [5.74, 6) is 0.582. The molecule has 1 aliphatic carbocycles. The van der Waals surface area contributed by atoms with E-state index in [0.29, 0.717) is 17.2 Å². The summed E-state index contributed by atoms with van der Waals surface area (Å²) in [5.41, 5.74) is 6.73. The zero-order valence-corrected chi connectivity index (χ0v) is 14.0. The SMILES string of the molecule is NC(=O)c1ccc(Oc2ccc(CCN[C@@H]3CCC[C@H]3O)cc2)nc1. The maximum absolute atomic E-state index is 11.0. The molecule has 1 amide bonds. The number of nitrogens with one attached hydrogen (secondary N) is 1. The average Bonchev–Trinajstić information content (AvgIpc) is 3.02. The van der Waals surface area contributed by atoms with E-state index in [-0.39, 0.29) is 12.1 Å².